The molecule has 1 aromatic rings. The molecule has 0 unspecified atom stereocenters. The summed E-state index contributed by atoms with van der Waals surface area (Å²) < 4.78 is 5.20. The molecule has 128 valence electrons. The lowest BCUT2D eigenvalue weighted by molar-refractivity contribution is 0.0656. The van der Waals surface area contributed by atoms with Crippen LogP contribution in [0.25, 0.3) is 0 Å². The molecule has 2 aliphatic rings. The number of furan rings is 1. The van der Waals surface area contributed by atoms with Crippen molar-refractivity contribution in [2.75, 3.05) is 32.7 Å². The second-order valence-corrected chi connectivity index (χ2v) is 5.83. The minimum absolute atomic E-state index is 0. The van der Waals surface area contributed by atoms with Crippen LogP contribution in [0.15, 0.2) is 27.8 Å². The van der Waals surface area contributed by atoms with Crippen LogP contribution in [0.5, 0.6) is 0 Å². The highest BCUT2D eigenvalue weighted by molar-refractivity contribution is 14.0. The van der Waals surface area contributed by atoms with E-state index in [0.29, 0.717) is 24.9 Å². The minimum Gasteiger partial charge on any atom is -0.459 e. The third-order valence-corrected chi connectivity index (χ3v) is 4.34. The van der Waals surface area contributed by atoms with Crippen LogP contribution >= 0.6 is 24.0 Å². The zero-order chi connectivity index (χ0) is 15.4. The van der Waals surface area contributed by atoms with Gasteiger partial charge in [0, 0.05) is 38.8 Å². The van der Waals surface area contributed by atoms with E-state index in [2.05, 4.69) is 22.1 Å². The number of hydrogen-bond acceptors (Lipinski definition) is 3. The summed E-state index contributed by atoms with van der Waals surface area (Å²) in [5, 5.41) is 3.55. The fraction of sp³-hybridized carbons (Fsp3) is 0.625. The normalized spacial score (nSPS) is 19.1. The summed E-state index contributed by atoms with van der Waals surface area (Å²) in [7, 11) is 0. The Bertz CT molecular complexity index is 520. The SMILES string of the molecule is CCN=C(NC1CCC1)N1CCN(C(=O)c2ccco2)CC1.I. The van der Waals surface area contributed by atoms with Gasteiger partial charge < -0.3 is 19.5 Å². The summed E-state index contributed by atoms with van der Waals surface area (Å²) in [6.45, 7) is 5.86. The molecule has 1 aliphatic carbocycles. The molecule has 0 bridgehead atoms. The lowest BCUT2D eigenvalue weighted by Gasteiger charge is -2.38. The van der Waals surface area contributed by atoms with Crippen molar-refractivity contribution in [1.29, 1.82) is 0 Å². The summed E-state index contributed by atoms with van der Waals surface area (Å²) in [5.41, 5.74) is 0. The van der Waals surface area contributed by atoms with Gasteiger partial charge in [0.05, 0.1) is 6.26 Å². The first-order valence-electron chi connectivity index (χ1n) is 8.16. The molecule has 1 saturated carbocycles. The molecular formula is C16H25IN4O2. The first-order chi connectivity index (χ1) is 10.8. The van der Waals surface area contributed by atoms with Crippen molar-refractivity contribution in [3.05, 3.63) is 24.2 Å². The maximum Gasteiger partial charge on any atom is 0.289 e. The molecule has 0 spiro atoms. The third kappa shape index (κ3) is 4.39. The van der Waals surface area contributed by atoms with Gasteiger partial charge in [-0.2, -0.15) is 0 Å². The number of piperazine rings is 1. The van der Waals surface area contributed by atoms with Crippen molar-refractivity contribution < 1.29 is 9.21 Å². The average Bonchev–Trinajstić information content (AvgIpc) is 3.03. The zero-order valence-corrected chi connectivity index (χ0v) is 15.9. The number of nitrogens with zero attached hydrogens (tertiary/aromatic N) is 3. The highest BCUT2D eigenvalue weighted by Gasteiger charge is 2.27. The molecule has 3 rings (SSSR count). The maximum atomic E-state index is 12.3. The van der Waals surface area contributed by atoms with Gasteiger partial charge in [-0.3, -0.25) is 9.79 Å². The second-order valence-electron chi connectivity index (χ2n) is 5.83. The van der Waals surface area contributed by atoms with Gasteiger partial charge in [0.15, 0.2) is 11.7 Å². The molecule has 1 N–H and O–H groups in total. The van der Waals surface area contributed by atoms with Gasteiger partial charge in [0.2, 0.25) is 0 Å². The standard InChI is InChI=1S/C16H24N4O2.HI/c1-2-17-16(18-13-5-3-6-13)20-10-8-19(9-11-20)15(21)14-7-4-12-22-14;/h4,7,12-13H,2-3,5-6,8-11H2,1H3,(H,17,18);1H. The lowest BCUT2D eigenvalue weighted by Crippen LogP contribution is -2.56. The molecule has 6 nitrogen and oxygen atoms in total. The van der Waals surface area contributed by atoms with E-state index in [1.54, 1.807) is 12.1 Å². The molecule has 1 saturated heterocycles. The van der Waals surface area contributed by atoms with Crippen LogP contribution in [0, 0.1) is 0 Å². The molecule has 0 aromatic carbocycles. The van der Waals surface area contributed by atoms with Gasteiger partial charge in [-0.25, -0.2) is 0 Å². The molecular weight excluding hydrogens is 407 g/mol. The topological polar surface area (TPSA) is 61.1 Å². The van der Waals surface area contributed by atoms with Crippen LogP contribution in [0.2, 0.25) is 0 Å². The molecule has 2 fully saturated rings. The first kappa shape index (κ1) is 18.1. The predicted molar refractivity (Wildman–Crippen MR) is 100 cm³/mol. The van der Waals surface area contributed by atoms with E-state index in [4.69, 9.17) is 4.42 Å². The number of nitrogens with one attached hydrogen (secondary N) is 1. The second kappa shape index (κ2) is 8.56. The lowest BCUT2D eigenvalue weighted by atomic mass is 9.93. The molecule has 23 heavy (non-hydrogen) atoms. The van der Waals surface area contributed by atoms with Crippen molar-refractivity contribution in [3.63, 3.8) is 0 Å². The highest BCUT2D eigenvalue weighted by atomic mass is 127. The van der Waals surface area contributed by atoms with Crippen LogP contribution < -0.4 is 5.32 Å². The number of rotatable bonds is 3. The Labute approximate surface area is 154 Å². The monoisotopic (exact) mass is 432 g/mol. The van der Waals surface area contributed by atoms with E-state index in [9.17, 15) is 4.79 Å². The quantitative estimate of drug-likeness (QED) is 0.452. The Hall–Kier alpha value is -1.25. The van der Waals surface area contributed by atoms with Gasteiger partial charge in [-0.1, -0.05) is 0 Å². The van der Waals surface area contributed by atoms with Crippen molar-refractivity contribution in [2.45, 2.75) is 32.2 Å². The van der Waals surface area contributed by atoms with Crippen molar-refractivity contribution in [2.24, 2.45) is 4.99 Å². The molecule has 7 heteroatoms. The number of amides is 1. The molecule has 0 radical (unpaired) electrons. The average molecular weight is 432 g/mol. The summed E-state index contributed by atoms with van der Waals surface area (Å²) in [5.74, 6) is 1.39. The van der Waals surface area contributed by atoms with Gasteiger partial charge in [0.1, 0.15) is 0 Å². The van der Waals surface area contributed by atoms with Gasteiger partial charge in [-0.05, 0) is 38.3 Å². The molecule has 1 amide bonds. The van der Waals surface area contributed by atoms with E-state index < -0.39 is 0 Å². The largest absolute Gasteiger partial charge is 0.459 e. The smallest absolute Gasteiger partial charge is 0.289 e. The minimum atomic E-state index is -0.0226. The van der Waals surface area contributed by atoms with Crippen LogP contribution in [0.1, 0.15) is 36.7 Å². The van der Waals surface area contributed by atoms with E-state index >= 15 is 0 Å². The van der Waals surface area contributed by atoms with E-state index in [-0.39, 0.29) is 29.9 Å². The van der Waals surface area contributed by atoms with Crippen molar-refractivity contribution in [1.82, 2.24) is 15.1 Å². The van der Waals surface area contributed by atoms with Crippen LogP contribution in [0.3, 0.4) is 0 Å². The zero-order valence-electron chi connectivity index (χ0n) is 13.5. The van der Waals surface area contributed by atoms with E-state index in [0.717, 1.165) is 25.6 Å². The number of carbonyl (C=O) groups excluding carboxylic acids is 1. The van der Waals surface area contributed by atoms with Gasteiger partial charge >= 0.3 is 0 Å². The Morgan fingerprint density at radius 1 is 1.30 bits per heavy atom. The van der Waals surface area contributed by atoms with Gasteiger partial charge in [0.25, 0.3) is 5.91 Å². The van der Waals surface area contributed by atoms with Gasteiger partial charge in [-0.15, -0.1) is 24.0 Å². The predicted octanol–water partition coefficient (Wildman–Crippen LogP) is 2.17. The van der Waals surface area contributed by atoms with Crippen LogP contribution in [0.4, 0.5) is 0 Å². The Morgan fingerprint density at radius 2 is 2.00 bits per heavy atom. The number of guanidine groups is 1. The third-order valence-electron chi connectivity index (χ3n) is 4.34. The fourth-order valence-electron chi connectivity index (χ4n) is 2.80. The van der Waals surface area contributed by atoms with Crippen molar-refractivity contribution >= 4 is 35.8 Å². The number of hydrogen-bond donors (Lipinski definition) is 1. The summed E-state index contributed by atoms with van der Waals surface area (Å²) in [6.07, 6.45) is 5.32. The molecule has 0 atom stereocenters. The van der Waals surface area contributed by atoms with Crippen LogP contribution in [-0.2, 0) is 0 Å². The van der Waals surface area contributed by atoms with Crippen molar-refractivity contribution in [3.8, 4) is 0 Å². The number of carbonyl (C=O) groups is 1. The molecule has 1 aliphatic heterocycles. The first-order valence-corrected chi connectivity index (χ1v) is 8.16. The summed E-state index contributed by atoms with van der Waals surface area (Å²) in [6, 6.07) is 4.04. The highest BCUT2D eigenvalue weighted by Crippen LogP contribution is 2.18. The summed E-state index contributed by atoms with van der Waals surface area (Å²) >= 11 is 0. The van der Waals surface area contributed by atoms with Crippen LogP contribution in [-0.4, -0.2) is 60.4 Å². The van der Waals surface area contributed by atoms with E-state index in [1.807, 2.05) is 4.90 Å². The number of aliphatic imine (C=N–C) groups is 1. The molecule has 1 aromatic heterocycles. The summed E-state index contributed by atoms with van der Waals surface area (Å²) in [4.78, 5) is 21.0. The Morgan fingerprint density at radius 3 is 2.52 bits per heavy atom. The molecule has 2 heterocycles. The van der Waals surface area contributed by atoms with E-state index in [1.165, 1.54) is 25.5 Å². The number of halogens is 1. The Kier molecular flexibility index (Phi) is 6.73. The fourth-order valence-corrected chi connectivity index (χ4v) is 2.80. The Balaban J connectivity index is 0.00000192. The maximum absolute atomic E-state index is 12.3.